The zero-order valence-corrected chi connectivity index (χ0v) is 17.4. The molecular formula is C18H23BrN4O5. The van der Waals surface area contributed by atoms with Crippen LogP contribution in [0.1, 0.15) is 30.0 Å². The van der Waals surface area contributed by atoms with E-state index in [4.69, 9.17) is 0 Å². The molecule has 0 bridgehead atoms. The quantitative estimate of drug-likeness (QED) is 0.413. The fraction of sp³-hybridized carbons (Fsp3) is 0.444. The van der Waals surface area contributed by atoms with E-state index in [0.717, 1.165) is 15.9 Å². The summed E-state index contributed by atoms with van der Waals surface area (Å²) < 4.78 is 2.62. The van der Waals surface area contributed by atoms with E-state index >= 15 is 0 Å². The molecule has 152 valence electrons. The average molecular weight is 455 g/mol. The van der Waals surface area contributed by atoms with Gasteiger partial charge in [-0.25, -0.2) is 0 Å². The monoisotopic (exact) mass is 454 g/mol. The number of carbonyl (C=O) groups excluding carboxylic acids is 1. The van der Waals surface area contributed by atoms with Gasteiger partial charge in [-0.3, -0.25) is 19.6 Å². The second-order valence-electron chi connectivity index (χ2n) is 6.66. The Morgan fingerprint density at radius 3 is 2.43 bits per heavy atom. The molecule has 10 heteroatoms. The number of carbonyl (C=O) groups is 1. The molecule has 2 aromatic rings. The Balaban J connectivity index is 2.04. The summed E-state index contributed by atoms with van der Waals surface area (Å²) in [4.78, 5) is 22.7. The van der Waals surface area contributed by atoms with E-state index in [1.54, 1.807) is 11.6 Å². The molecule has 0 spiro atoms. The number of nitro groups is 1. The lowest BCUT2D eigenvalue weighted by Crippen LogP contribution is -2.44. The van der Waals surface area contributed by atoms with E-state index in [1.807, 2.05) is 13.8 Å². The fourth-order valence-corrected chi connectivity index (χ4v) is 3.05. The van der Waals surface area contributed by atoms with E-state index in [2.05, 4.69) is 26.3 Å². The van der Waals surface area contributed by atoms with Crippen molar-refractivity contribution < 1.29 is 19.9 Å². The first-order valence-corrected chi connectivity index (χ1v) is 9.48. The van der Waals surface area contributed by atoms with Crippen molar-refractivity contribution in [1.82, 2.24) is 15.1 Å². The number of aliphatic hydroxyl groups excluding tert-OH is 2. The van der Waals surface area contributed by atoms with Crippen molar-refractivity contribution in [1.29, 1.82) is 0 Å². The molecule has 1 aromatic carbocycles. The molecule has 0 fully saturated rings. The normalized spacial score (nSPS) is 14.4. The van der Waals surface area contributed by atoms with Gasteiger partial charge >= 0.3 is 0 Å². The summed E-state index contributed by atoms with van der Waals surface area (Å²) in [7, 11) is 0. The van der Waals surface area contributed by atoms with Crippen LogP contribution >= 0.6 is 15.9 Å². The van der Waals surface area contributed by atoms with Gasteiger partial charge in [-0.2, -0.15) is 5.10 Å². The van der Waals surface area contributed by atoms with Crippen LogP contribution in [0.4, 0.5) is 5.69 Å². The number of benzene rings is 1. The number of hydrogen-bond donors (Lipinski definition) is 3. The largest absolute Gasteiger partial charge is 0.394 e. The van der Waals surface area contributed by atoms with Crippen LogP contribution in [-0.4, -0.2) is 43.5 Å². The van der Waals surface area contributed by atoms with Crippen LogP contribution in [0, 0.1) is 29.9 Å². The number of rotatable bonds is 8. The molecule has 0 aliphatic carbocycles. The summed E-state index contributed by atoms with van der Waals surface area (Å²) in [5.74, 6) is -0.799. The number of nitro benzene ring substituents is 1. The van der Waals surface area contributed by atoms with Crippen LogP contribution < -0.4 is 5.32 Å². The number of aryl methyl sites for hydroxylation is 1. The third-order valence-electron chi connectivity index (χ3n) is 4.54. The molecule has 1 aromatic heterocycles. The minimum absolute atomic E-state index is 0.106. The van der Waals surface area contributed by atoms with Gasteiger partial charge in [0, 0.05) is 17.8 Å². The summed E-state index contributed by atoms with van der Waals surface area (Å²) >= 11 is 3.45. The summed E-state index contributed by atoms with van der Waals surface area (Å²) in [5, 5.41) is 37.8. The fourth-order valence-electron chi connectivity index (χ4n) is 2.77. The predicted octanol–water partition coefficient (Wildman–Crippen LogP) is 2.02. The first-order chi connectivity index (χ1) is 13.1. The zero-order valence-electron chi connectivity index (χ0n) is 15.8. The lowest BCUT2D eigenvalue weighted by molar-refractivity contribution is -0.384. The Morgan fingerprint density at radius 1 is 1.36 bits per heavy atom. The number of halogens is 1. The van der Waals surface area contributed by atoms with Gasteiger partial charge in [-0.1, -0.05) is 6.92 Å². The molecule has 3 N–H and O–H groups in total. The van der Waals surface area contributed by atoms with Gasteiger partial charge in [0.05, 0.1) is 40.2 Å². The van der Waals surface area contributed by atoms with Gasteiger partial charge in [0.1, 0.15) is 6.10 Å². The maximum absolute atomic E-state index is 12.5. The van der Waals surface area contributed by atoms with Crippen molar-refractivity contribution in [2.45, 2.75) is 39.5 Å². The Hall–Kier alpha value is -2.30. The number of nitrogens with one attached hydrogen (secondary N) is 1. The van der Waals surface area contributed by atoms with Crippen LogP contribution in [0.5, 0.6) is 0 Å². The van der Waals surface area contributed by atoms with Crippen LogP contribution in [0.15, 0.2) is 28.7 Å². The van der Waals surface area contributed by atoms with Crippen molar-refractivity contribution in [2.24, 2.45) is 5.92 Å². The molecule has 28 heavy (non-hydrogen) atoms. The summed E-state index contributed by atoms with van der Waals surface area (Å²) in [5.41, 5.74) is 1.99. The summed E-state index contributed by atoms with van der Waals surface area (Å²) in [6.45, 7) is 5.34. The molecule has 1 amide bonds. The molecular weight excluding hydrogens is 432 g/mol. The van der Waals surface area contributed by atoms with Crippen LogP contribution in [0.3, 0.4) is 0 Å². The van der Waals surface area contributed by atoms with Gasteiger partial charge in [0.2, 0.25) is 5.91 Å². The topological polar surface area (TPSA) is 131 Å². The molecule has 2 rings (SSSR count). The number of aliphatic hydroxyl groups is 2. The number of hydrogen-bond acceptors (Lipinski definition) is 6. The van der Waals surface area contributed by atoms with Crippen molar-refractivity contribution in [3.8, 4) is 0 Å². The molecule has 0 aliphatic rings. The number of aromatic nitrogens is 2. The minimum atomic E-state index is -1.20. The maximum atomic E-state index is 12.5. The van der Waals surface area contributed by atoms with Crippen LogP contribution in [0.25, 0.3) is 0 Å². The smallest absolute Gasteiger partial charge is 0.269 e. The van der Waals surface area contributed by atoms with Crippen molar-refractivity contribution in [3.05, 3.63) is 55.8 Å². The highest BCUT2D eigenvalue weighted by molar-refractivity contribution is 9.10. The highest BCUT2D eigenvalue weighted by Gasteiger charge is 2.25. The lowest BCUT2D eigenvalue weighted by Gasteiger charge is -2.24. The van der Waals surface area contributed by atoms with E-state index in [-0.39, 0.29) is 11.6 Å². The summed E-state index contributed by atoms with van der Waals surface area (Å²) in [6, 6.07) is 4.38. The van der Waals surface area contributed by atoms with Gasteiger partial charge in [0.25, 0.3) is 5.69 Å². The SMILES string of the molecule is Cc1nn(CC(C)C(=O)NC(CO)C(O)c2ccc([N+](=O)[O-])cc2)c(C)c1Br. The number of nitrogens with zero attached hydrogens (tertiary/aromatic N) is 3. The molecule has 3 atom stereocenters. The first kappa shape index (κ1) is 22.0. The second-order valence-corrected chi connectivity index (χ2v) is 7.45. The minimum Gasteiger partial charge on any atom is -0.394 e. The molecule has 0 aliphatic heterocycles. The van der Waals surface area contributed by atoms with E-state index < -0.39 is 29.6 Å². The molecule has 0 radical (unpaired) electrons. The van der Waals surface area contributed by atoms with E-state index in [0.29, 0.717) is 12.1 Å². The maximum Gasteiger partial charge on any atom is 0.269 e. The summed E-state index contributed by atoms with van der Waals surface area (Å²) in [6.07, 6.45) is -1.20. The number of amides is 1. The molecule has 1 heterocycles. The van der Waals surface area contributed by atoms with Crippen LogP contribution in [-0.2, 0) is 11.3 Å². The molecule has 0 saturated heterocycles. The Kier molecular flexibility index (Phi) is 7.28. The highest BCUT2D eigenvalue weighted by atomic mass is 79.9. The van der Waals surface area contributed by atoms with E-state index in [9.17, 15) is 25.1 Å². The zero-order chi connectivity index (χ0) is 21.0. The molecule has 3 unspecified atom stereocenters. The third-order valence-corrected chi connectivity index (χ3v) is 5.69. The van der Waals surface area contributed by atoms with Gasteiger partial charge in [0.15, 0.2) is 0 Å². The standard InChI is InChI=1S/C18H23BrN4O5/c1-10(8-22-12(3)16(19)11(2)21-22)18(26)20-15(9-24)17(25)13-4-6-14(7-5-13)23(27)28/h4-7,10,15,17,24-25H,8-9H2,1-3H3,(H,20,26). The van der Waals surface area contributed by atoms with Gasteiger partial charge < -0.3 is 15.5 Å². The Bertz CT molecular complexity index is 852. The lowest BCUT2D eigenvalue weighted by atomic mass is 10.0. The van der Waals surface area contributed by atoms with Crippen molar-refractivity contribution in [3.63, 3.8) is 0 Å². The third kappa shape index (κ3) is 4.94. The van der Waals surface area contributed by atoms with Crippen LogP contribution in [0.2, 0.25) is 0 Å². The van der Waals surface area contributed by atoms with Gasteiger partial charge in [-0.05, 0) is 47.5 Å². The molecule has 9 nitrogen and oxygen atoms in total. The Labute approximate surface area is 170 Å². The van der Waals surface area contributed by atoms with Crippen molar-refractivity contribution >= 4 is 27.5 Å². The highest BCUT2D eigenvalue weighted by Crippen LogP contribution is 2.22. The Morgan fingerprint density at radius 2 is 1.96 bits per heavy atom. The number of non-ortho nitro benzene ring substituents is 1. The van der Waals surface area contributed by atoms with Crippen molar-refractivity contribution in [2.75, 3.05) is 6.61 Å². The average Bonchev–Trinajstić information content (AvgIpc) is 2.92. The second kappa shape index (κ2) is 9.26. The first-order valence-electron chi connectivity index (χ1n) is 8.68. The molecule has 0 saturated carbocycles. The van der Waals surface area contributed by atoms with Gasteiger partial charge in [-0.15, -0.1) is 0 Å². The predicted molar refractivity (Wildman–Crippen MR) is 106 cm³/mol. The van der Waals surface area contributed by atoms with E-state index in [1.165, 1.54) is 24.3 Å².